The van der Waals surface area contributed by atoms with Crippen LogP contribution in [0, 0.1) is 11.7 Å². The lowest BCUT2D eigenvalue weighted by molar-refractivity contribution is -0.134. The van der Waals surface area contributed by atoms with Crippen molar-refractivity contribution < 1.29 is 9.18 Å². The number of aromatic nitrogens is 2. The summed E-state index contributed by atoms with van der Waals surface area (Å²) in [5.74, 6) is 2.02. The second-order valence-corrected chi connectivity index (χ2v) is 8.73. The van der Waals surface area contributed by atoms with E-state index in [1.54, 1.807) is 6.07 Å². The summed E-state index contributed by atoms with van der Waals surface area (Å²) in [4.78, 5) is 26.5. The van der Waals surface area contributed by atoms with Crippen LogP contribution < -0.4 is 4.90 Å². The van der Waals surface area contributed by atoms with Gasteiger partial charge in [0.25, 0.3) is 0 Å². The third-order valence-electron chi connectivity index (χ3n) is 6.19. The summed E-state index contributed by atoms with van der Waals surface area (Å²) in [5.41, 5.74) is 2.65. The molecule has 2 heterocycles. The molecule has 6 heteroatoms. The number of hydrogen-bond donors (Lipinski definition) is 0. The summed E-state index contributed by atoms with van der Waals surface area (Å²) in [6.45, 7) is 13.1. The molecule has 0 radical (unpaired) electrons. The summed E-state index contributed by atoms with van der Waals surface area (Å²) in [5, 5.41) is 0. The van der Waals surface area contributed by atoms with Crippen LogP contribution >= 0.6 is 0 Å². The molecule has 1 aromatic carbocycles. The molecule has 1 aliphatic heterocycles. The van der Waals surface area contributed by atoms with Crippen molar-refractivity contribution in [2.45, 2.75) is 59.8 Å². The van der Waals surface area contributed by atoms with Crippen molar-refractivity contribution in [1.82, 2.24) is 14.9 Å². The minimum atomic E-state index is -0.200. The van der Waals surface area contributed by atoms with E-state index in [4.69, 9.17) is 9.97 Å². The zero-order valence-corrected chi connectivity index (χ0v) is 19.5. The van der Waals surface area contributed by atoms with Crippen LogP contribution in [0.2, 0.25) is 0 Å². The lowest BCUT2D eigenvalue weighted by Gasteiger charge is -2.37. The van der Waals surface area contributed by atoms with Gasteiger partial charge in [-0.25, -0.2) is 14.4 Å². The number of aryl methyl sites for hydroxylation is 1. The molecule has 1 atom stereocenters. The molecule has 1 saturated heterocycles. The molecule has 3 rings (SSSR count). The fraction of sp³-hybridized carbons (Fsp3) is 0.560. The van der Waals surface area contributed by atoms with E-state index in [9.17, 15) is 9.18 Å². The number of carbonyl (C=O) groups is 1. The molecule has 0 bridgehead atoms. The van der Waals surface area contributed by atoms with Crippen molar-refractivity contribution in [2.75, 3.05) is 31.1 Å². The van der Waals surface area contributed by atoms with Gasteiger partial charge in [-0.05, 0) is 24.5 Å². The highest BCUT2D eigenvalue weighted by Crippen LogP contribution is 2.29. The van der Waals surface area contributed by atoms with Gasteiger partial charge in [-0.2, -0.15) is 0 Å². The zero-order valence-electron chi connectivity index (χ0n) is 19.5. The Labute approximate surface area is 185 Å². The van der Waals surface area contributed by atoms with Gasteiger partial charge >= 0.3 is 0 Å². The maximum absolute atomic E-state index is 14.5. The van der Waals surface area contributed by atoms with Crippen molar-refractivity contribution >= 4 is 11.7 Å². The molecule has 0 saturated carbocycles. The van der Waals surface area contributed by atoms with E-state index in [0.29, 0.717) is 25.1 Å². The number of hydrogen-bond acceptors (Lipinski definition) is 4. The molecule has 0 N–H and O–H groups in total. The normalized spacial score (nSPS) is 15.5. The SMILES string of the molecule is CCc1nc(C(C)CC)nc(N2CCN(C(=O)C(C)C)CC2)c1Cc1ccccc1F. The van der Waals surface area contributed by atoms with Crippen molar-refractivity contribution in [3.8, 4) is 0 Å². The highest BCUT2D eigenvalue weighted by atomic mass is 19.1. The van der Waals surface area contributed by atoms with Crippen LogP contribution in [-0.2, 0) is 17.6 Å². The smallest absolute Gasteiger partial charge is 0.225 e. The number of carbonyl (C=O) groups excluding carboxylic acids is 1. The van der Waals surface area contributed by atoms with Crippen molar-refractivity contribution in [3.63, 3.8) is 0 Å². The number of anilines is 1. The molecule has 31 heavy (non-hydrogen) atoms. The van der Waals surface area contributed by atoms with E-state index in [1.807, 2.05) is 30.9 Å². The Morgan fingerprint density at radius 2 is 1.74 bits per heavy atom. The van der Waals surface area contributed by atoms with E-state index < -0.39 is 0 Å². The predicted octanol–water partition coefficient (Wildman–Crippen LogP) is 4.59. The van der Waals surface area contributed by atoms with Crippen molar-refractivity contribution in [2.24, 2.45) is 5.92 Å². The zero-order chi connectivity index (χ0) is 22.5. The van der Waals surface area contributed by atoms with Gasteiger partial charge in [0.1, 0.15) is 17.5 Å². The van der Waals surface area contributed by atoms with Crippen LogP contribution in [0.1, 0.15) is 69.6 Å². The van der Waals surface area contributed by atoms with Crippen LogP contribution in [0.15, 0.2) is 24.3 Å². The molecule has 0 spiro atoms. The average molecular weight is 427 g/mol. The van der Waals surface area contributed by atoms with Crippen LogP contribution in [0.25, 0.3) is 0 Å². The number of benzene rings is 1. The van der Waals surface area contributed by atoms with Gasteiger partial charge in [0.05, 0.1) is 0 Å². The molecule has 1 unspecified atom stereocenters. The fourth-order valence-corrected chi connectivity index (χ4v) is 4.01. The third-order valence-corrected chi connectivity index (χ3v) is 6.19. The molecule has 1 aromatic heterocycles. The first-order chi connectivity index (χ1) is 14.8. The number of rotatable bonds is 7. The van der Waals surface area contributed by atoms with Crippen LogP contribution in [0.4, 0.5) is 10.2 Å². The highest BCUT2D eigenvalue weighted by molar-refractivity contribution is 5.78. The minimum Gasteiger partial charge on any atom is -0.353 e. The Bertz CT molecular complexity index is 906. The summed E-state index contributed by atoms with van der Waals surface area (Å²) >= 11 is 0. The van der Waals surface area contributed by atoms with E-state index in [0.717, 1.165) is 48.8 Å². The van der Waals surface area contributed by atoms with Gasteiger partial charge in [0.2, 0.25) is 5.91 Å². The van der Waals surface area contributed by atoms with Crippen LogP contribution in [-0.4, -0.2) is 47.0 Å². The Balaban J connectivity index is 1.98. The van der Waals surface area contributed by atoms with E-state index >= 15 is 0 Å². The van der Waals surface area contributed by atoms with Crippen molar-refractivity contribution in [1.29, 1.82) is 0 Å². The molecule has 1 amide bonds. The van der Waals surface area contributed by atoms with E-state index in [-0.39, 0.29) is 23.6 Å². The summed E-state index contributed by atoms with van der Waals surface area (Å²) < 4.78 is 14.5. The average Bonchev–Trinajstić information content (AvgIpc) is 2.79. The predicted molar refractivity (Wildman–Crippen MR) is 123 cm³/mol. The third kappa shape index (κ3) is 5.23. The standard InChI is InChI=1S/C25H35FN4O/c1-6-18(5)23-27-22(7-2)20(16-19-10-8-9-11-21(19)26)24(28-23)29-12-14-30(15-13-29)25(31)17(3)4/h8-11,17-18H,6-7,12-16H2,1-5H3. The number of halogens is 1. The van der Waals surface area contributed by atoms with Gasteiger partial charge in [0.15, 0.2) is 0 Å². The molecule has 0 aliphatic carbocycles. The Hall–Kier alpha value is -2.50. The Morgan fingerprint density at radius 1 is 1.06 bits per heavy atom. The van der Waals surface area contributed by atoms with Gasteiger partial charge in [-0.15, -0.1) is 0 Å². The first-order valence-corrected chi connectivity index (χ1v) is 11.5. The maximum atomic E-state index is 14.5. The van der Waals surface area contributed by atoms with Crippen LogP contribution in [0.3, 0.4) is 0 Å². The number of amides is 1. The topological polar surface area (TPSA) is 49.3 Å². The summed E-state index contributed by atoms with van der Waals surface area (Å²) in [7, 11) is 0. The van der Waals surface area contributed by atoms with Gasteiger partial charge in [-0.3, -0.25) is 4.79 Å². The first-order valence-electron chi connectivity index (χ1n) is 11.5. The Morgan fingerprint density at radius 3 is 2.32 bits per heavy atom. The van der Waals surface area contributed by atoms with Crippen LogP contribution in [0.5, 0.6) is 0 Å². The molecule has 2 aromatic rings. The van der Waals surface area contributed by atoms with Gasteiger partial charge < -0.3 is 9.80 Å². The molecular weight excluding hydrogens is 391 g/mol. The van der Waals surface area contributed by atoms with Gasteiger partial charge in [-0.1, -0.05) is 52.8 Å². The maximum Gasteiger partial charge on any atom is 0.225 e. The number of piperazine rings is 1. The lowest BCUT2D eigenvalue weighted by Crippen LogP contribution is -2.50. The van der Waals surface area contributed by atoms with E-state index in [1.165, 1.54) is 6.07 Å². The molecule has 1 aliphatic rings. The molecular formula is C25H35FN4O. The summed E-state index contributed by atoms with van der Waals surface area (Å²) in [6.07, 6.45) is 2.21. The fourth-order valence-electron chi connectivity index (χ4n) is 4.01. The van der Waals surface area contributed by atoms with Crippen molar-refractivity contribution in [3.05, 3.63) is 52.7 Å². The monoisotopic (exact) mass is 426 g/mol. The molecule has 1 fully saturated rings. The molecule has 168 valence electrons. The molecule has 5 nitrogen and oxygen atoms in total. The van der Waals surface area contributed by atoms with Gasteiger partial charge in [0, 0.05) is 55.7 Å². The highest BCUT2D eigenvalue weighted by Gasteiger charge is 2.27. The van der Waals surface area contributed by atoms with E-state index in [2.05, 4.69) is 25.7 Å². The number of nitrogens with zero attached hydrogens (tertiary/aromatic N) is 4. The second-order valence-electron chi connectivity index (χ2n) is 8.73. The Kier molecular flexibility index (Phi) is 7.63. The quantitative estimate of drug-likeness (QED) is 0.650. The minimum absolute atomic E-state index is 0.00548. The summed E-state index contributed by atoms with van der Waals surface area (Å²) in [6, 6.07) is 6.92. The second kappa shape index (κ2) is 10.2. The largest absolute Gasteiger partial charge is 0.353 e. The first kappa shape index (κ1) is 23.2. The lowest BCUT2D eigenvalue weighted by atomic mass is 10.00.